The molecule has 1 aromatic rings. The highest BCUT2D eigenvalue weighted by atomic mass is 16.3. The Morgan fingerprint density at radius 3 is 2.56 bits per heavy atom. The van der Waals surface area contributed by atoms with E-state index in [-0.39, 0.29) is 46.8 Å². The van der Waals surface area contributed by atoms with Crippen LogP contribution in [0.1, 0.15) is 34.8 Å². The molecule has 0 fully saturated rings. The molecule has 98 valence electrons. The fraction of sp³-hybridized carbons (Fsp3) is 0.385. The van der Waals surface area contributed by atoms with Crippen molar-refractivity contribution in [2.24, 2.45) is 0 Å². The number of hydrogen-bond donors (Lipinski definition) is 3. The summed E-state index contributed by atoms with van der Waals surface area (Å²) in [7, 11) is 0. The van der Waals surface area contributed by atoms with Crippen LogP contribution >= 0.6 is 0 Å². The minimum atomic E-state index is -0.759. The van der Waals surface area contributed by atoms with Crippen molar-refractivity contribution < 1.29 is 24.9 Å². The molecule has 5 nitrogen and oxygen atoms in total. The molecule has 0 saturated heterocycles. The van der Waals surface area contributed by atoms with Crippen molar-refractivity contribution in [3.63, 3.8) is 0 Å². The van der Waals surface area contributed by atoms with E-state index in [0.29, 0.717) is 6.29 Å². The standard InChI is InChI=1S/C13H16O5/c1-7(15)3-10(16)4-9-5-12(17)8(2)13(18)11(9)6-14/h5-7,15,17-18H,3-4H2,1-2H3/t7-/m0/s1. The number of hydrogen-bond acceptors (Lipinski definition) is 5. The number of rotatable bonds is 5. The Balaban J connectivity index is 3.09. The molecule has 0 radical (unpaired) electrons. The van der Waals surface area contributed by atoms with E-state index in [0.717, 1.165) is 0 Å². The Bertz CT molecular complexity index is 477. The molecule has 18 heavy (non-hydrogen) atoms. The molecule has 0 saturated carbocycles. The predicted octanol–water partition coefficient (Wildman–Crippen LogP) is 1.10. The summed E-state index contributed by atoms with van der Waals surface area (Å²) in [5.74, 6) is -0.751. The van der Waals surface area contributed by atoms with Gasteiger partial charge < -0.3 is 15.3 Å². The number of phenolic OH excluding ortho intramolecular Hbond substituents is 2. The van der Waals surface area contributed by atoms with Crippen LogP contribution in [-0.4, -0.2) is 33.5 Å². The lowest BCUT2D eigenvalue weighted by Crippen LogP contribution is -2.12. The number of phenols is 2. The number of aromatic hydroxyl groups is 2. The summed E-state index contributed by atoms with van der Waals surface area (Å²) in [5.41, 5.74) is 0.462. The maximum atomic E-state index is 11.6. The van der Waals surface area contributed by atoms with Crippen molar-refractivity contribution in [1.29, 1.82) is 0 Å². The van der Waals surface area contributed by atoms with Gasteiger partial charge in [0.05, 0.1) is 11.7 Å². The Labute approximate surface area is 105 Å². The van der Waals surface area contributed by atoms with Crippen LogP contribution in [0.4, 0.5) is 0 Å². The molecular formula is C13H16O5. The number of aliphatic hydroxyl groups is 1. The van der Waals surface area contributed by atoms with E-state index < -0.39 is 6.10 Å². The second kappa shape index (κ2) is 5.64. The molecule has 1 rings (SSSR count). The van der Waals surface area contributed by atoms with Crippen LogP contribution < -0.4 is 0 Å². The van der Waals surface area contributed by atoms with Crippen molar-refractivity contribution in [3.05, 3.63) is 22.8 Å². The lowest BCUT2D eigenvalue weighted by Gasteiger charge is -2.11. The van der Waals surface area contributed by atoms with E-state index in [9.17, 15) is 19.8 Å². The Hall–Kier alpha value is -1.88. The van der Waals surface area contributed by atoms with Gasteiger partial charge in [0.15, 0.2) is 6.29 Å². The summed E-state index contributed by atoms with van der Waals surface area (Å²) < 4.78 is 0. The van der Waals surface area contributed by atoms with Crippen LogP contribution in [0.15, 0.2) is 6.07 Å². The van der Waals surface area contributed by atoms with Gasteiger partial charge in [0.1, 0.15) is 17.3 Å². The first-order chi connectivity index (χ1) is 8.36. The molecule has 0 aliphatic carbocycles. The Morgan fingerprint density at radius 1 is 1.44 bits per heavy atom. The molecule has 1 aromatic carbocycles. The fourth-order valence-electron chi connectivity index (χ4n) is 1.72. The predicted molar refractivity (Wildman–Crippen MR) is 64.9 cm³/mol. The summed E-state index contributed by atoms with van der Waals surface area (Å²) in [6.07, 6.45) is -0.453. The average Bonchev–Trinajstić information content (AvgIpc) is 2.25. The summed E-state index contributed by atoms with van der Waals surface area (Å²) in [6.45, 7) is 2.96. The number of carbonyl (C=O) groups is 2. The molecular weight excluding hydrogens is 236 g/mol. The first-order valence-electron chi connectivity index (χ1n) is 5.56. The maximum Gasteiger partial charge on any atom is 0.154 e. The molecule has 0 amide bonds. The third kappa shape index (κ3) is 3.07. The first kappa shape index (κ1) is 14.2. The number of Topliss-reactive ketones (excluding diaryl/α,β-unsaturated/α-hetero) is 1. The van der Waals surface area contributed by atoms with Gasteiger partial charge in [0.25, 0.3) is 0 Å². The molecule has 0 bridgehead atoms. The Morgan fingerprint density at radius 2 is 2.06 bits per heavy atom. The zero-order chi connectivity index (χ0) is 13.9. The van der Waals surface area contributed by atoms with E-state index in [1.807, 2.05) is 0 Å². The van der Waals surface area contributed by atoms with Crippen molar-refractivity contribution in [3.8, 4) is 11.5 Å². The van der Waals surface area contributed by atoms with Crippen LogP contribution in [0, 0.1) is 6.92 Å². The number of ketones is 1. The van der Waals surface area contributed by atoms with E-state index in [1.54, 1.807) is 0 Å². The number of benzene rings is 1. The van der Waals surface area contributed by atoms with Gasteiger partial charge in [-0.2, -0.15) is 0 Å². The van der Waals surface area contributed by atoms with Gasteiger partial charge in [0, 0.05) is 18.4 Å². The minimum absolute atomic E-state index is 0.00393. The molecule has 0 aliphatic heterocycles. The Kier molecular flexibility index (Phi) is 4.44. The van der Waals surface area contributed by atoms with Crippen molar-refractivity contribution in [2.75, 3.05) is 0 Å². The molecule has 0 spiro atoms. The highest BCUT2D eigenvalue weighted by molar-refractivity contribution is 5.88. The monoisotopic (exact) mass is 252 g/mol. The molecule has 0 aliphatic rings. The van der Waals surface area contributed by atoms with E-state index in [2.05, 4.69) is 0 Å². The summed E-state index contributed by atoms with van der Waals surface area (Å²) >= 11 is 0. The maximum absolute atomic E-state index is 11.6. The lowest BCUT2D eigenvalue weighted by atomic mass is 9.97. The van der Waals surface area contributed by atoms with Gasteiger partial charge in [0.2, 0.25) is 0 Å². The fourth-order valence-corrected chi connectivity index (χ4v) is 1.72. The SMILES string of the molecule is Cc1c(O)cc(CC(=O)C[C@H](C)O)c(C=O)c1O. The molecule has 0 heterocycles. The summed E-state index contributed by atoms with van der Waals surface area (Å²) in [6, 6.07) is 1.29. The van der Waals surface area contributed by atoms with Crippen molar-refractivity contribution >= 4 is 12.1 Å². The molecule has 5 heteroatoms. The molecule has 0 aromatic heterocycles. The van der Waals surface area contributed by atoms with E-state index in [4.69, 9.17) is 5.11 Å². The topological polar surface area (TPSA) is 94.8 Å². The van der Waals surface area contributed by atoms with Crippen molar-refractivity contribution in [1.82, 2.24) is 0 Å². The normalized spacial score (nSPS) is 12.2. The largest absolute Gasteiger partial charge is 0.508 e. The molecule has 1 atom stereocenters. The number of aliphatic hydroxyl groups excluding tert-OH is 1. The van der Waals surface area contributed by atoms with Crippen LogP contribution in [0.25, 0.3) is 0 Å². The van der Waals surface area contributed by atoms with Gasteiger partial charge >= 0.3 is 0 Å². The van der Waals surface area contributed by atoms with Crippen LogP contribution in [0.5, 0.6) is 11.5 Å². The van der Waals surface area contributed by atoms with Gasteiger partial charge in [-0.1, -0.05) is 0 Å². The number of carbonyl (C=O) groups excluding carboxylic acids is 2. The van der Waals surface area contributed by atoms with Gasteiger partial charge in [-0.15, -0.1) is 0 Å². The van der Waals surface area contributed by atoms with Gasteiger partial charge in [-0.25, -0.2) is 0 Å². The van der Waals surface area contributed by atoms with Gasteiger partial charge in [-0.3, -0.25) is 9.59 Å². The third-order valence-corrected chi connectivity index (χ3v) is 2.68. The zero-order valence-electron chi connectivity index (χ0n) is 10.3. The quantitative estimate of drug-likeness (QED) is 0.682. The second-order valence-electron chi connectivity index (χ2n) is 4.33. The van der Waals surface area contributed by atoms with E-state index in [1.165, 1.54) is 19.9 Å². The highest BCUT2D eigenvalue weighted by Crippen LogP contribution is 2.32. The van der Waals surface area contributed by atoms with Crippen LogP contribution in [0.3, 0.4) is 0 Å². The van der Waals surface area contributed by atoms with E-state index >= 15 is 0 Å². The van der Waals surface area contributed by atoms with Crippen LogP contribution in [0.2, 0.25) is 0 Å². The highest BCUT2D eigenvalue weighted by Gasteiger charge is 2.17. The average molecular weight is 252 g/mol. The smallest absolute Gasteiger partial charge is 0.154 e. The summed E-state index contributed by atoms with van der Waals surface area (Å²) in [4.78, 5) is 22.5. The summed E-state index contributed by atoms with van der Waals surface area (Å²) in [5, 5.41) is 28.4. The van der Waals surface area contributed by atoms with Gasteiger partial charge in [-0.05, 0) is 25.5 Å². The lowest BCUT2D eigenvalue weighted by molar-refractivity contribution is -0.120. The second-order valence-corrected chi connectivity index (χ2v) is 4.33. The minimum Gasteiger partial charge on any atom is -0.508 e. The molecule has 0 unspecified atom stereocenters. The number of aldehydes is 1. The zero-order valence-corrected chi connectivity index (χ0v) is 10.3. The van der Waals surface area contributed by atoms with Crippen LogP contribution in [-0.2, 0) is 11.2 Å². The molecule has 3 N–H and O–H groups in total. The van der Waals surface area contributed by atoms with Crippen molar-refractivity contribution in [2.45, 2.75) is 32.8 Å². The third-order valence-electron chi connectivity index (χ3n) is 2.68. The first-order valence-corrected chi connectivity index (χ1v) is 5.56.